The molecule has 0 saturated carbocycles. The number of hydrogen-bond acceptors (Lipinski definition) is 4. The van der Waals surface area contributed by atoms with Crippen molar-refractivity contribution in [3.05, 3.63) is 17.5 Å². The number of piperazine rings is 1. The molecular formula is C13H21ClF3N5O. The van der Waals surface area contributed by atoms with Crippen LogP contribution in [0.25, 0.3) is 0 Å². The second-order valence-electron chi connectivity index (χ2n) is 5.19. The van der Waals surface area contributed by atoms with E-state index in [-0.39, 0.29) is 18.1 Å². The molecule has 1 saturated heterocycles. The maximum atomic E-state index is 13.2. The number of alkyl halides is 3. The summed E-state index contributed by atoms with van der Waals surface area (Å²) in [6, 6.07) is -0.133. The van der Waals surface area contributed by atoms with Crippen molar-refractivity contribution in [2.75, 3.05) is 32.7 Å². The van der Waals surface area contributed by atoms with Crippen LogP contribution in [0.4, 0.5) is 13.2 Å². The Bertz CT molecular complexity index is 502. The van der Waals surface area contributed by atoms with Crippen molar-refractivity contribution in [1.82, 2.24) is 25.7 Å². The summed E-state index contributed by atoms with van der Waals surface area (Å²) in [6.45, 7) is 3.06. The SMILES string of the molecule is CCc1cc(C(=O)NCC(N2CCNCC2)C(F)(F)F)n[nH]1.Cl. The minimum atomic E-state index is -4.38. The van der Waals surface area contributed by atoms with Gasteiger partial charge in [-0.05, 0) is 12.5 Å². The zero-order valence-electron chi connectivity index (χ0n) is 12.7. The predicted octanol–water partition coefficient (Wildman–Crippen LogP) is 0.960. The standard InChI is InChI=1S/C13H20F3N5O.ClH/c1-2-9-7-10(20-19-9)12(22)18-8-11(13(14,15)16)21-5-3-17-4-6-21;/h7,11,17H,2-6,8H2,1H3,(H,18,22)(H,19,20);1H. The summed E-state index contributed by atoms with van der Waals surface area (Å²) in [5.74, 6) is -0.597. The summed E-state index contributed by atoms with van der Waals surface area (Å²) in [7, 11) is 0. The molecule has 10 heteroatoms. The number of H-pyrrole nitrogens is 1. The molecule has 0 aromatic carbocycles. The topological polar surface area (TPSA) is 73.1 Å². The van der Waals surface area contributed by atoms with Crippen molar-refractivity contribution in [2.24, 2.45) is 0 Å². The predicted molar refractivity (Wildman–Crippen MR) is 81.8 cm³/mol. The number of aromatic nitrogens is 2. The van der Waals surface area contributed by atoms with Crippen LogP contribution in [-0.2, 0) is 6.42 Å². The number of carbonyl (C=O) groups is 1. The number of amides is 1. The maximum absolute atomic E-state index is 13.2. The lowest BCUT2D eigenvalue weighted by Crippen LogP contribution is -2.57. The zero-order valence-corrected chi connectivity index (χ0v) is 13.6. The molecule has 1 aliphatic rings. The summed E-state index contributed by atoms with van der Waals surface area (Å²) in [4.78, 5) is 13.2. The molecular weight excluding hydrogens is 335 g/mol. The first-order chi connectivity index (χ1) is 10.4. The quantitative estimate of drug-likeness (QED) is 0.735. The van der Waals surface area contributed by atoms with Gasteiger partial charge < -0.3 is 10.6 Å². The molecule has 3 N–H and O–H groups in total. The van der Waals surface area contributed by atoms with Crippen LogP contribution in [0, 0.1) is 0 Å². The first-order valence-electron chi connectivity index (χ1n) is 7.25. The van der Waals surface area contributed by atoms with Gasteiger partial charge in [0.2, 0.25) is 0 Å². The van der Waals surface area contributed by atoms with E-state index in [0.717, 1.165) is 5.69 Å². The van der Waals surface area contributed by atoms with Crippen molar-refractivity contribution >= 4 is 18.3 Å². The Hall–Kier alpha value is -1.32. The van der Waals surface area contributed by atoms with Gasteiger partial charge in [0.1, 0.15) is 11.7 Å². The van der Waals surface area contributed by atoms with Crippen LogP contribution in [0.5, 0.6) is 0 Å². The Morgan fingerprint density at radius 3 is 2.61 bits per heavy atom. The number of halogens is 4. The molecule has 2 rings (SSSR count). The van der Waals surface area contributed by atoms with E-state index in [1.807, 2.05) is 6.92 Å². The summed E-state index contributed by atoms with van der Waals surface area (Å²) in [5.41, 5.74) is 0.873. The average molecular weight is 356 g/mol. The molecule has 1 fully saturated rings. The molecule has 6 nitrogen and oxygen atoms in total. The van der Waals surface area contributed by atoms with Crippen molar-refractivity contribution in [3.63, 3.8) is 0 Å². The minimum Gasteiger partial charge on any atom is -0.349 e. The molecule has 23 heavy (non-hydrogen) atoms. The molecule has 0 spiro atoms. The van der Waals surface area contributed by atoms with Crippen LogP contribution in [0.3, 0.4) is 0 Å². The second kappa shape index (κ2) is 8.51. The van der Waals surface area contributed by atoms with Gasteiger partial charge in [0.05, 0.1) is 0 Å². The van der Waals surface area contributed by atoms with E-state index in [0.29, 0.717) is 32.6 Å². The molecule has 1 atom stereocenters. The Labute approximate surface area is 138 Å². The van der Waals surface area contributed by atoms with Crippen LogP contribution in [0.15, 0.2) is 6.07 Å². The highest BCUT2D eigenvalue weighted by Crippen LogP contribution is 2.24. The Kier molecular flexibility index (Phi) is 7.30. The Morgan fingerprint density at radius 1 is 1.43 bits per heavy atom. The molecule has 0 bridgehead atoms. The number of nitrogens with zero attached hydrogens (tertiary/aromatic N) is 2. The number of rotatable bonds is 5. The third-order valence-electron chi connectivity index (χ3n) is 3.67. The third kappa shape index (κ3) is 5.36. The number of carbonyl (C=O) groups excluding carboxylic acids is 1. The molecule has 1 aromatic rings. The molecule has 1 unspecified atom stereocenters. The van der Waals surface area contributed by atoms with Crippen molar-refractivity contribution in [3.8, 4) is 0 Å². The highest BCUT2D eigenvalue weighted by Gasteiger charge is 2.43. The Balaban J connectivity index is 0.00000264. The van der Waals surface area contributed by atoms with E-state index < -0.39 is 24.7 Å². The van der Waals surface area contributed by atoms with Crippen molar-refractivity contribution in [1.29, 1.82) is 0 Å². The molecule has 2 heterocycles. The minimum absolute atomic E-state index is 0. The maximum Gasteiger partial charge on any atom is 0.405 e. The normalized spacial score (nSPS) is 17.4. The van der Waals surface area contributed by atoms with Gasteiger partial charge in [-0.2, -0.15) is 18.3 Å². The fourth-order valence-corrected chi connectivity index (χ4v) is 2.38. The van der Waals surface area contributed by atoms with Gasteiger partial charge >= 0.3 is 6.18 Å². The summed E-state index contributed by atoms with van der Waals surface area (Å²) < 4.78 is 39.5. The van der Waals surface area contributed by atoms with Crippen LogP contribution in [-0.4, -0.2) is 65.9 Å². The van der Waals surface area contributed by atoms with Crippen LogP contribution >= 0.6 is 12.4 Å². The van der Waals surface area contributed by atoms with E-state index in [1.54, 1.807) is 6.07 Å². The van der Waals surface area contributed by atoms with Gasteiger partial charge in [-0.1, -0.05) is 6.92 Å². The molecule has 0 aliphatic carbocycles. The molecule has 132 valence electrons. The highest BCUT2D eigenvalue weighted by atomic mass is 35.5. The second-order valence-corrected chi connectivity index (χ2v) is 5.19. The first kappa shape index (κ1) is 19.7. The monoisotopic (exact) mass is 355 g/mol. The van der Waals surface area contributed by atoms with E-state index in [4.69, 9.17) is 0 Å². The molecule has 0 radical (unpaired) electrons. The van der Waals surface area contributed by atoms with Crippen molar-refractivity contribution in [2.45, 2.75) is 25.6 Å². The van der Waals surface area contributed by atoms with E-state index in [9.17, 15) is 18.0 Å². The largest absolute Gasteiger partial charge is 0.405 e. The van der Waals surface area contributed by atoms with E-state index >= 15 is 0 Å². The number of aryl methyl sites for hydroxylation is 1. The van der Waals surface area contributed by atoms with Crippen molar-refractivity contribution < 1.29 is 18.0 Å². The lowest BCUT2D eigenvalue weighted by atomic mass is 10.2. The van der Waals surface area contributed by atoms with E-state index in [1.165, 1.54) is 4.90 Å². The van der Waals surface area contributed by atoms with Crippen LogP contribution in [0.1, 0.15) is 23.1 Å². The van der Waals surface area contributed by atoms with E-state index in [2.05, 4.69) is 20.8 Å². The number of nitrogens with one attached hydrogen (secondary N) is 3. The first-order valence-corrected chi connectivity index (χ1v) is 7.25. The summed E-state index contributed by atoms with van der Waals surface area (Å²) in [6.07, 6.45) is -3.71. The number of hydrogen-bond donors (Lipinski definition) is 3. The van der Waals surface area contributed by atoms with Gasteiger partial charge in [0, 0.05) is 38.4 Å². The van der Waals surface area contributed by atoms with Crippen LogP contribution in [0.2, 0.25) is 0 Å². The lowest BCUT2D eigenvalue weighted by Gasteiger charge is -2.35. The van der Waals surface area contributed by atoms with Gasteiger partial charge in [-0.25, -0.2) is 0 Å². The third-order valence-corrected chi connectivity index (χ3v) is 3.67. The fourth-order valence-electron chi connectivity index (χ4n) is 2.38. The van der Waals surface area contributed by atoms with Gasteiger partial charge in [-0.3, -0.25) is 14.8 Å². The summed E-state index contributed by atoms with van der Waals surface area (Å²) >= 11 is 0. The number of aromatic amines is 1. The molecule has 1 aromatic heterocycles. The molecule has 1 aliphatic heterocycles. The average Bonchev–Trinajstić information content (AvgIpc) is 2.96. The summed E-state index contributed by atoms with van der Waals surface area (Å²) in [5, 5.41) is 11.8. The van der Waals surface area contributed by atoms with Gasteiger partial charge in [-0.15, -0.1) is 12.4 Å². The fraction of sp³-hybridized carbons (Fsp3) is 0.692. The van der Waals surface area contributed by atoms with Gasteiger partial charge in [0.15, 0.2) is 0 Å². The smallest absolute Gasteiger partial charge is 0.349 e. The zero-order chi connectivity index (χ0) is 16.2. The Morgan fingerprint density at radius 2 is 2.09 bits per heavy atom. The van der Waals surface area contributed by atoms with Crippen LogP contribution < -0.4 is 10.6 Å². The highest BCUT2D eigenvalue weighted by molar-refractivity contribution is 5.92. The molecule has 1 amide bonds. The van der Waals surface area contributed by atoms with Gasteiger partial charge in [0.25, 0.3) is 5.91 Å². The lowest BCUT2D eigenvalue weighted by molar-refractivity contribution is -0.183.